The molecule has 0 radical (unpaired) electrons. The maximum Gasteiger partial charge on any atom is 0.126 e. The second kappa shape index (κ2) is 5.35. The van der Waals surface area contributed by atoms with E-state index in [9.17, 15) is 9.50 Å². The number of aliphatic hydroxyl groups is 1. The van der Waals surface area contributed by atoms with Crippen LogP contribution in [-0.2, 0) is 13.0 Å². The van der Waals surface area contributed by atoms with Gasteiger partial charge in [0.15, 0.2) is 0 Å². The highest BCUT2D eigenvalue weighted by Gasteiger charge is 2.29. The number of hydrogen-bond acceptors (Lipinski definition) is 2. The van der Waals surface area contributed by atoms with Gasteiger partial charge in [-0.05, 0) is 35.2 Å². The van der Waals surface area contributed by atoms with Crippen molar-refractivity contribution in [1.82, 2.24) is 5.32 Å². The molecule has 2 aromatic rings. The number of nitrogens with one attached hydrogen (secondary N) is 1. The third-order valence-corrected chi connectivity index (χ3v) is 3.95. The van der Waals surface area contributed by atoms with Crippen LogP contribution in [0.15, 0.2) is 42.5 Å². The fourth-order valence-corrected chi connectivity index (χ4v) is 2.86. The minimum absolute atomic E-state index is 0.0449. The monoisotopic (exact) mass is 271 g/mol. The second-order valence-corrected chi connectivity index (χ2v) is 5.41. The van der Waals surface area contributed by atoms with Gasteiger partial charge in [-0.2, -0.15) is 0 Å². The van der Waals surface area contributed by atoms with E-state index >= 15 is 0 Å². The van der Waals surface area contributed by atoms with Gasteiger partial charge in [-0.25, -0.2) is 4.39 Å². The SMILES string of the molecule is Cc1cc(CN[C@H]2c3ccccc3C[C@H]2O)ccc1F. The van der Waals surface area contributed by atoms with Gasteiger partial charge in [0.1, 0.15) is 5.82 Å². The summed E-state index contributed by atoms with van der Waals surface area (Å²) in [7, 11) is 0. The molecule has 1 aliphatic carbocycles. The summed E-state index contributed by atoms with van der Waals surface area (Å²) in [6.07, 6.45) is 0.296. The molecule has 20 heavy (non-hydrogen) atoms. The molecule has 0 spiro atoms. The van der Waals surface area contributed by atoms with Gasteiger partial charge in [-0.15, -0.1) is 0 Å². The molecule has 0 saturated heterocycles. The van der Waals surface area contributed by atoms with Crippen LogP contribution in [0.2, 0.25) is 0 Å². The van der Waals surface area contributed by atoms with E-state index in [1.165, 1.54) is 17.2 Å². The number of fused-ring (bicyclic) bond motifs is 1. The Kier molecular flexibility index (Phi) is 3.55. The standard InChI is InChI=1S/C17H18FNO/c1-11-8-12(6-7-15(11)18)10-19-17-14-5-3-2-4-13(14)9-16(17)20/h2-8,16-17,19-20H,9-10H2,1H3/t16-,17+/m1/s1. The van der Waals surface area contributed by atoms with Crippen molar-refractivity contribution in [2.24, 2.45) is 0 Å². The smallest absolute Gasteiger partial charge is 0.126 e. The van der Waals surface area contributed by atoms with Crippen molar-refractivity contribution >= 4 is 0 Å². The van der Waals surface area contributed by atoms with Crippen LogP contribution in [0.5, 0.6) is 0 Å². The zero-order chi connectivity index (χ0) is 14.1. The summed E-state index contributed by atoms with van der Waals surface area (Å²) in [6, 6.07) is 13.2. The number of aliphatic hydroxyl groups excluding tert-OH is 1. The summed E-state index contributed by atoms with van der Waals surface area (Å²) in [4.78, 5) is 0. The fraction of sp³-hybridized carbons (Fsp3) is 0.294. The summed E-state index contributed by atoms with van der Waals surface area (Å²) in [6.45, 7) is 2.38. The summed E-state index contributed by atoms with van der Waals surface area (Å²) in [5.41, 5.74) is 4.05. The lowest BCUT2D eigenvalue weighted by Crippen LogP contribution is -2.28. The Balaban J connectivity index is 1.74. The summed E-state index contributed by atoms with van der Waals surface area (Å²) < 4.78 is 13.2. The van der Waals surface area contributed by atoms with E-state index in [1.807, 2.05) is 18.2 Å². The van der Waals surface area contributed by atoms with Crippen molar-refractivity contribution in [2.45, 2.75) is 32.0 Å². The average Bonchev–Trinajstić information content (AvgIpc) is 2.76. The predicted octanol–water partition coefficient (Wildman–Crippen LogP) is 2.88. The maximum absolute atomic E-state index is 13.2. The minimum Gasteiger partial charge on any atom is -0.391 e. The maximum atomic E-state index is 13.2. The van der Waals surface area contributed by atoms with Crippen molar-refractivity contribution in [3.05, 3.63) is 70.5 Å². The van der Waals surface area contributed by atoms with E-state index in [1.54, 1.807) is 13.0 Å². The molecule has 0 aromatic heterocycles. The quantitative estimate of drug-likeness (QED) is 0.899. The summed E-state index contributed by atoms with van der Waals surface area (Å²) in [5, 5.41) is 13.5. The van der Waals surface area contributed by atoms with Gasteiger partial charge in [0, 0.05) is 13.0 Å². The second-order valence-electron chi connectivity index (χ2n) is 5.41. The molecule has 104 valence electrons. The Hall–Kier alpha value is -1.71. The van der Waals surface area contributed by atoms with Gasteiger partial charge >= 0.3 is 0 Å². The molecule has 0 bridgehead atoms. The Labute approximate surface area is 118 Å². The molecular formula is C17H18FNO. The molecule has 2 atom stereocenters. The molecule has 3 rings (SSSR count). The highest BCUT2D eigenvalue weighted by atomic mass is 19.1. The lowest BCUT2D eigenvalue weighted by Gasteiger charge is -2.18. The molecule has 0 heterocycles. The summed E-state index contributed by atoms with van der Waals surface area (Å²) in [5.74, 6) is -0.181. The lowest BCUT2D eigenvalue weighted by molar-refractivity contribution is 0.140. The van der Waals surface area contributed by atoms with Crippen molar-refractivity contribution < 1.29 is 9.50 Å². The van der Waals surface area contributed by atoms with Gasteiger partial charge in [-0.3, -0.25) is 0 Å². The first-order valence-electron chi connectivity index (χ1n) is 6.89. The molecule has 0 amide bonds. The van der Waals surface area contributed by atoms with Crippen LogP contribution >= 0.6 is 0 Å². The zero-order valence-electron chi connectivity index (χ0n) is 11.4. The third kappa shape index (κ3) is 2.47. The highest BCUT2D eigenvalue weighted by molar-refractivity contribution is 5.36. The molecule has 2 N–H and O–H groups in total. The van der Waals surface area contributed by atoms with Crippen molar-refractivity contribution in [3.63, 3.8) is 0 Å². The summed E-state index contributed by atoms with van der Waals surface area (Å²) >= 11 is 0. The highest BCUT2D eigenvalue weighted by Crippen LogP contribution is 2.31. The van der Waals surface area contributed by atoms with E-state index in [0.717, 1.165) is 5.56 Å². The van der Waals surface area contributed by atoms with E-state index in [4.69, 9.17) is 0 Å². The number of hydrogen-bond donors (Lipinski definition) is 2. The van der Waals surface area contributed by atoms with E-state index in [0.29, 0.717) is 18.5 Å². The predicted molar refractivity (Wildman–Crippen MR) is 76.9 cm³/mol. The Morgan fingerprint density at radius 2 is 2.05 bits per heavy atom. The molecule has 2 nitrogen and oxygen atoms in total. The normalized spacial score (nSPS) is 20.9. The van der Waals surface area contributed by atoms with Gasteiger partial charge in [0.2, 0.25) is 0 Å². The number of aryl methyl sites for hydroxylation is 1. The number of rotatable bonds is 3. The van der Waals surface area contributed by atoms with Crippen LogP contribution in [0, 0.1) is 12.7 Å². The molecule has 0 fully saturated rings. The molecule has 0 unspecified atom stereocenters. The molecule has 0 aliphatic heterocycles. The Morgan fingerprint density at radius 1 is 1.25 bits per heavy atom. The first kappa shape index (κ1) is 13.3. The van der Waals surface area contributed by atoms with Gasteiger partial charge < -0.3 is 10.4 Å². The van der Waals surface area contributed by atoms with Crippen molar-refractivity contribution in [1.29, 1.82) is 0 Å². The molecule has 3 heteroatoms. The first-order valence-corrected chi connectivity index (χ1v) is 6.89. The number of halogens is 1. The van der Waals surface area contributed by atoms with E-state index < -0.39 is 6.10 Å². The van der Waals surface area contributed by atoms with Crippen LogP contribution in [-0.4, -0.2) is 11.2 Å². The van der Waals surface area contributed by atoms with Gasteiger partial charge in [0.05, 0.1) is 12.1 Å². The van der Waals surface area contributed by atoms with Crippen LogP contribution in [0.25, 0.3) is 0 Å². The minimum atomic E-state index is -0.394. The Bertz CT molecular complexity index is 626. The van der Waals surface area contributed by atoms with Gasteiger partial charge in [0.25, 0.3) is 0 Å². The average molecular weight is 271 g/mol. The topological polar surface area (TPSA) is 32.3 Å². The number of benzene rings is 2. The van der Waals surface area contributed by atoms with E-state index in [2.05, 4.69) is 17.4 Å². The van der Waals surface area contributed by atoms with E-state index in [-0.39, 0.29) is 11.9 Å². The van der Waals surface area contributed by atoms with Crippen molar-refractivity contribution in [2.75, 3.05) is 0 Å². The van der Waals surface area contributed by atoms with Crippen LogP contribution < -0.4 is 5.32 Å². The lowest BCUT2D eigenvalue weighted by atomic mass is 10.1. The Morgan fingerprint density at radius 3 is 2.85 bits per heavy atom. The molecular weight excluding hydrogens is 253 g/mol. The van der Waals surface area contributed by atoms with Crippen LogP contribution in [0.3, 0.4) is 0 Å². The zero-order valence-corrected chi connectivity index (χ0v) is 11.4. The van der Waals surface area contributed by atoms with Crippen LogP contribution in [0.1, 0.15) is 28.3 Å². The van der Waals surface area contributed by atoms with Gasteiger partial charge in [-0.1, -0.05) is 36.4 Å². The third-order valence-electron chi connectivity index (χ3n) is 3.95. The first-order chi connectivity index (χ1) is 9.65. The fourth-order valence-electron chi connectivity index (χ4n) is 2.86. The molecule has 0 saturated carbocycles. The molecule has 1 aliphatic rings. The largest absolute Gasteiger partial charge is 0.391 e. The van der Waals surface area contributed by atoms with Crippen molar-refractivity contribution in [3.8, 4) is 0 Å². The molecule has 2 aromatic carbocycles. The van der Waals surface area contributed by atoms with Crippen LogP contribution in [0.4, 0.5) is 4.39 Å².